The maximum absolute atomic E-state index is 14.6. The van der Waals surface area contributed by atoms with Crippen LogP contribution in [0.1, 0.15) is 52.5 Å². The van der Waals surface area contributed by atoms with Crippen LogP contribution in [-0.4, -0.2) is 57.9 Å². The van der Waals surface area contributed by atoms with Crippen molar-refractivity contribution in [3.05, 3.63) is 42.6 Å². The summed E-state index contributed by atoms with van der Waals surface area (Å²) in [6.45, 7) is 5.63. The summed E-state index contributed by atoms with van der Waals surface area (Å²) in [5.74, 6) is -0.255. The predicted octanol–water partition coefficient (Wildman–Crippen LogP) is 4.82. The lowest BCUT2D eigenvalue weighted by atomic mass is 9.97. The molecule has 1 amide bonds. The summed E-state index contributed by atoms with van der Waals surface area (Å²) in [6.07, 6.45) is 7.67. The standard InChI is InChI=1S/C25H30FN5O4S/c1-25(2,3)35-24(32)31-15-5-6-16(31)12-17(11-15)30-10-9-19-22(27-14-28-23(19)30)29-21-8-7-18(13-20(21)26)36(4,33)34/h7-10,13-17H,5-6,11-12H2,1-4H3,(H,27,28,29)/t15-,16-/m0/s1. The van der Waals surface area contributed by atoms with Crippen molar-refractivity contribution in [3.8, 4) is 0 Å². The average Bonchev–Trinajstić information content (AvgIpc) is 3.32. The van der Waals surface area contributed by atoms with Gasteiger partial charge in [0.2, 0.25) is 0 Å². The van der Waals surface area contributed by atoms with Crippen LogP contribution >= 0.6 is 0 Å². The average molecular weight is 516 g/mol. The molecular weight excluding hydrogens is 485 g/mol. The molecule has 0 radical (unpaired) electrons. The molecule has 3 aromatic rings. The van der Waals surface area contributed by atoms with Crippen molar-refractivity contribution in [1.82, 2.24) is 19.4 Å². The number of ether oxygens (including phenoxy) is 1. The van der Waals surface area contributed by atoms with Crippen LogP contribution in [0.5, 0.6) is 0 Å². The van der Waals surface area contributed by atoms with Gasteiger partial charge in [0.05, 0.1) is 16.0 Å². The zero-order valence-electron chi connectivity index (χ0n) is 20.7. The predicted molar refractivity (Wildman–Crippen MR) is 133 cm³/mol. The van der Waals surface area contributed by atoms with Gasteiger partial charge in [0, 0.05) is 30.6 Å². The molecule has 4 heterocycles. The third-order valence-corrected chi connectivity index (χ3v) is 7.95. The first-order valence-electron chi connectivity index (χ1n) is 12.0. The fraction of sp³-hybridized carbons (Fsp3) is 0.480. The highest BCUT2D eigenvalue weighted by molar-refractivity contribution is 7.90. The Morgan fingerprint density at radius 3 is 2.42 bits per heavy atom. The zero-order chi connectivity index (χ0) is 25.8. The largest absolute Gasteiger partial charge is 0.444 e. The fourth-order valence-electron chi connectivity index (χ4n) is 5.31. The SMILES string of the molecule is CC(C)(C)OC(=O)N1[C@H]2CC[C@H]1CC(n1ccc3c(Nc4ccc(S(C)(=O)=O)cc4F)ncnc31)C2. The van der Waals surface area contributed by atoms with E-state index in [0.717, 1.165) is 49.0 Å². The molecule has 5 rings (SSSR count). The molecule has 0 spiro atoms. The van der Waals surface area contributed by atoms with Crippen molar-refractivity contribution in [1.29, 1.82) is 0 Å². The van der Waals surface area contributed by atoms with E-state index in [1.54, 1.807) is 0 Å². The number of benzene rings is 1. The minimum atomic E-state index is -3.51. The van der Waals surface area contributed by atoms with Crippen LogP contribution in [0.2, 0.25) is 0 Å². The van der Waals surface area contributed by atoms with Gasteiger partial charge in [0.25, 0.3) is 0 Å². The number of hydrogen-bond acceptors (Lipinski definition) is 7. The molecule has 192 valence electrons. The van der Waals surface area contributed by atoms with Crippen LogP contribution in [-0.2, 0) is 14.6 Å². The van der Waals surface area contributed by atoms with Crippen molar-refractivity contribution < 1.29 is 22.3 Å². The summed E-state index contributed by atoms with van der Waals surface area (Å²) >= 11 is 0. The van der Waals surface area contributed by atoms with E-state index in [-0.39, 0.29) is 34.8 Å². The van der Waals surface area contributed by atoms with Crippen molar-refractivity contribution in [3.63, 3.8) is 0 Å². The van der Waals surface area contributed by atoms with Crippen molar-refractivity contribution in [2.24, 2.45) is 0 Å². The Labute approximate surface area is 209 Å². The number of sulfone groups is 1. The van der Waals surface area contributed by atoms with Gasteiger partial charge in [0.1, 0.15) is 29.2 Å². The van der Waals surface area contributed by atoms with Gasteiger partial charge < -0.3 is 19.5 Å². The molecule has 2 bridgehead atoms. The number of rotatable bonds is 4. The summed E-state index contributed by atoms with van der Waals surface area (Å²) in [5, 5.41) is 3.71. The molecular formula is C25H30FN5O4S. The second-order valence-corrected chi connectivity index (χ2v) is 12.6. The minimum Gasteiger partial charge on any atom is -0.444 e. The van der Waals surface area contributed by atoms with E-state index >= 15 is 0 Å². The number of anilines is 2. The monoisotopic (exact) mass is 515 g/mol. The van der Waals surface area contributed by atoms with E-state index in [4.69, 9.17) is 4.74 Å². The molecule has 0 saturated carbocycles. The normalized spacial score (nSPS) is 22.1. The van der Waals surface area contributed by atoms with Crippen LogP contribution in [0.15, 0.2) is 41.7 Å². The van der Waals surface area contributed by atoms with Crippen LogP contribution < -0.4 is 5.32 Å². The molecule has 36 heavy (non-hydrogen) atoms. The van der Waals surface area contributed by atoms with Crippen LogP contribution in [0, 0.1) is 5.82 Å². The maximum atomic E-state index is 14.6. The molecule has 2 aliphatic rings. The lowest BCUT2D eigenvalue weighted by molar-refractivity contribution is 0.00314. The number of carbonyl (C=O) groups excluding carboxylic acids is 1. The van der Waals surface area contributed by atoms with Crippen LogP contribution in [0.4, 0.5) is 20.7 Å². The summed E-state index contributed by atoms with van der Waals surface area (Å²) in [4.78, 5) is 23.4. The smallest absolute Gasteiger partial charge is 0.410 e. The molecule has 2 fully saturated rings. The molecule has 11 heteroatoms. The van der Waals surface area contributed by atoms with Crippen molar-refractivity contribution in [2.75, 3.05) is 11.6 Å². The first-order chi connectivity index (χ1) is 16.9. The molecule has 0 aliphatic carbocycles. The quantitative estimate of drug-likeness (QED) is 0.531. The van der Waals surface area contributed by atoms with Gasteiger partial charge in [-0.1, -0.05) is 0 Å². The van der Waals surface area contributed by atoms with Gasteiger partial charge in [-0.3, -0.25) is 0 Å². The fourth-order valence-corrected chi connectivity index (χ4v) is 5.94. The van der Waals surface area contributed by atoms with Gasteiger partial charge in [0.15, 0.2) is 9.84 Å². The highest BCUT2D eigenvalue weighted by Crippen LogP contribution is 2.43. The Kier molecular flexibility index (Phi) is 5.93. The van der Waals surface area contributed by atoms with Crippen molar-refractivity contribution in [2.45, 2.75) is 75.1 Å². The Morgan fingerprint density at radius 2 is 1.81 bits per heavy atom. The summed E-state index contributed by atoms with van der Waals surface area (Å²) < 4.78 is 45.8. The van der Waals surface area contributed by atoms with Gasteiger partial charge in [-0.05, 0) is 70.7 Å². The third kappa shape index (κ3) is 4.63. The van der Waals surface area contributed by atoms with Crippen LogP contribution in [0.3, 0.4) is 0 Å². The summed E-state index contributed by atoms with van der Waals surface area (Å²) in [5.41, 5.74) is 0.309. The molecule has 2 aromatic heterocycles. The topological polar surface area (TPSA) is 106 Å². The summed E-state index contributed by atoms with van der Waals surface area (Å²) in [6, 6.07) is 6.02. The van der Waals surface area contributed by atoms with E-state index in [2.05, 4.69) is 19.9 Å². The molecule has 2 atom stereocenters. The number of hydrogen-bond donors (Lipinski definition) is 1. The van der Waals surface area contributed by atoms with Gasteiger partial charge in [-0.2, -0.15) is 0 Å². The maximum Gasteiger partial charge on any atom is 0.410 e. The van der Waals surface area contributed by atoms with Gasteiger partial charge in [-0.15, -0.1) is 0 Å². The first kappa shape index (κ1) is 24.5. The summed E-state index contributed by atoms with van der Waals surface area (Å²) in [7, 11) is -3.51. The Balaban J connectivity index is 1.38. The number of halogens is 1. The lowest BCUT2D eigenvalue weighted by Crippen LogP contribution is -2.48. The number of aromatic nitrogens is 3. The number of amides is 1. The van der Waals surface area contributed by atoms with E-state index in [0.29, 0.717) is 5.82 Å². The lowest BCUT2D eigenvalue weighted by Gasteiger charge is -2.40. The van der Waals surface area contributed by atoms with E-state index < -0.39 is 21.3 Å². The van der Waals surface area contributed by atoms with Crippen LogP contribution in [0.25, 0.3) is 11.0 Å². The van der Waals surface area contributed by atoms with E-state index in [1.807, 2.05) is 37.9 Å². The van der Waals surface area contributed by atoms with Gasteiger partial charge in [-0.25, -0.2) is 27.6 Å². The van der Waals surface area contributed by atoms with E-state index in [9.17, 15) is 17.6 Å². The second kappa shape index (κ2) is 8.72. The molecule has 9 nitrogen and oxygen atoms in total. The Hall–Kier alpha value is -3.21. The third-order valence-electron chi connectivity index (χ3n) is 6.84. The zero-order valence-corrected chi connectivity index (χ0v) is 21.5. The van der Waals surface area contributed by atoms with Crippen molar-refractivity contribution >= 4 is 38.5 Å². The highest BCUT2D eigenvalue weighted by atomic mass is 32.2. The Morgan fingerprint density at radius 1 is 1.11 bits per heavy atom. The number of fused-ring (bicyclic) bond motifs is 3. The van der Waals surface area contributed by atoms with E-state index in [1.165, 1.54) is 18.5 Å². The second-order valence-electron chi connectivity index (χ2n) is 10.6. The Bertz CT molecular complexity index is 1420. The molecule has 1 aromatic carbocycles. The number of carbonyl (C=O) groups is 1. The number of nitrogens with one attached hydrogen (secondary N) is 1. The number of piperidine rings is 1. The number of nitrogens with zero attached hydrogens (tertiary/aromatic N) is 4. The molecule has 2 saturated heterocycles. The first-order valence-corrected chi connectivity index (χ1v) is 13.9. The van der Waals surface area contributed by atoms with Gasteiger partial charge >= 0.3 is 6.09 Å². The molecule has 1 N–H and O–H groups in total. The highest BCUT2D eigenvalue weighted by Gasteiger charge is 2.45. The minimum absolute atomic E-state index is 0.0862. The molecule has 0 unspecified atom stereocenters. The molecule has 2 aliphatic heterocycles.